The molecular weight excluding hydrogens is 282 g/mol. The summed E-state index contributed by atoms with van der Waals surface area (Å²) >= 11 is 0. The minimum Gasteiger partial charge on any atom is -0.336 e. The van der Waals surface area contributed by atoms with Gasteiger partial charge in [-0.2, -0.15) is 5.10 Å². The number of nitrogens with zero attached hydrogens (tertiary/aromatic N) is 4. The number of likely N-dealkylation sites (tertiary alicyclic amines) is 1. The van der Waals surface area contributed by atoms with Crippen LogP contribution < -0.4 is 11.0 Å². The summed E-state index contributed by atoms with van der Waals surface area (Å²) in [6.45, 7) is 5.37. The molecule has 2 fully saturated rings. The Bertz CT molecular complexity index is 606. The van der Waals surface area contributed by atoms with Crippen molar-refractivity contribution >= 4 is 6.03 Å². The summed E-state index contributed by atoms with van der Waals surface area (Å²) in [5, 5.41) is 7.39. The molecule has 0 radical (unpaired) electrons. The van der Waals surface area contributed by atoms with E-state index < -0.39 is 0 Å². The molecule has 1 aromatic heterocycles. The first-order valence-corrected chi connectivity index (χ1v) is 8.18. The quantitative estimate of drug-likeness (QED) is 0.912. The Morgan fingerprint density at radius 3 is 2.41 bits per heavy atom. The lowest BCUT2D eigenvalue weighted by atomic mass is 9.96. The summed E-state index contributed by atoms with van der Waals surface area (Å²) in [4.78, 5) is 26.1. The normalized spacial score (nSPS) is 19.7. The van der Waals surface area contributed by atoms with Gasteiger partial charge < -0.3 is 10.2 Å². The minimum atomic E-state index is -0.00233. The van der Waals surface area contributed by atoms with Crippen LogP contribution in [0, 0.1) is 0 Å². The SMILES string of the molecule is CC(C)NC(=O)N1CCC(c2nn(C)c(=O)n2C2CC2)CC1. The molecule has 3 rings (SSSR count). The second-order valence-corrected chi connectivity index (χ2v) is 6.73. The van der Waals surface area contributed by atoms with Crippen LogP contribution in [0.1, 0.15) is 57.3 Å². The molecule has 1 saturated carbocycles. The first-order valence-electron chi connectivity index (χ1n) is 8.18. The van der Waals surface area contributed by atoms with Crippen molar-refractivity contribution in [2.24, 2.45) is 7.05 Å². The highest BCUT2D eigenvalue weighted by Crippen LogP contribution is 2.37. The van der Waals surface area contributed by atoms with E-state index in [4.69, 9.17) is 0 Å². The predicted molar refractivity (Wildman–Crippen MR) is 83.0 cm³/mol. The van der Waals surface area contributed by atoms with Crippen molar-refractivity contribution in [1.29, 1.82) is 0 Å². The molecule has 0 aromatic carbocycles. The molecule has 1 aliphatic carbocycles. The third kappa shape index (κ3) is 2.89. The van der Waals surface area contributed by atoms with Crippen LogP contribution in [0.4, 0.5) is 4.79 Å². The van der Waals surface area contributed by atoms with Crippen LogP contribution in [0.2, 0.25) is 0 Å². The molecule has 122 valence electrons. The number of amides is 2. The van der Waals surface area contributed by atoms with Crippen LogP contribution in [0.5, 0.6) is 0 Å². The fraction of sp³-hybridized carbons (Fsp3) is 0.800. The van der Waals surface area contributed by atoms with Crippen molar-refractivity contribution in [1.82, 2.24) is 24.6 Å². The van der Waals surface area contributed by atoms with Crippen molar-refractivity contribution in [3.63, 3.8) is 0 Å². The van der Waals surface area contributed by atoms with Gasteiger partial charge in [-0.3, -0.25) is 4.57 Å². The predicted octanol–water partition coefficient (Wildman–Crippen LogP) is 1.21. The van der Waals surface area contributed by atoms with Crippen LogP contribution in [0.15, 0.2) is 4.79 Å². The molecule has 0 spiro atoms. The lowest BCUT2D eigenvalue weighted by Crippen LogP contribution is -2.46. The summed E-state index contributed by atoms with van der Waals surface area (Å²) in [7, 11) is 1.72. The Kier molecular flexibility index (Phi) is 3.97. The van der Waals surface area contributed by atoms with Gasteiger partial charge in [0.25, 0.3) is 0 Å². The number of rotatable bonds is 3. The van der Waals surface area contributed by atoms with Crippen LogP contribution >= 0.6 is 0 Å². The van der Waals surface area contributed by atoms with Gasteiger partial charge in [-0.05, 0) is 39.5 Å². The highest BCUT2D eigenvalue weighted by molar-refractivity contribution is 5.74. The Hall–Kier alpha value is -1.79. The van der Waals surface area contributed by atoms with Gasteiger partial charge in [0.2, 0.25) is 0 Å². The molecule has 0 atom stereocenters. The van der Waals surface area contributed by atoms with Gasteiger partial charge >= 0.3 is 11.7 Å². The molecule has 1 aliphatic heterocycles. The molecule has 1 saturated heterocycles. The standard InChI is InChI=1S/C15H25N5O2/c1-10(2)16-14(21)19-8-6-11(7-9-19)13-17-18(3)15(22)20(13)12-4-5-12/h10-12H,4-9H2,1-3H3,(H,16,21). The number of hydrogen-bond acceptors (Lipinski definition) is 3. The van der Waals surface area contributed by atoms with Crippen LogP contribution in [0.3, 0.4) is 0 Å². The number of carbonyl (C=O) groups is 1. The van der Waals surface area contributed by atoms with Crippen molar-refractivity contribution in [2.45, 2.75) is 57.5 Å². The molecule has 0 bridgehead atoms. The maximum absolute atomic E-state index is 12.2. The van der Waals surface area contributed by atoms with E-state index in [0.29, 0.717) is 6.04 Å². The van der Waals surface area contributed by atoms with Crippen molar-refractivity contribution in [2.75, 3.05) is 13.1 Å². The minimum absolute atomic E-state index is 0.00233. The average molecular weight is 307 g/mol. The third-order valence-electron chi connectivity index (χ3n) is 4.45. The Labute approximate surface area is 130 Å². The summed E-state index contributed by atoms with van der Waals surface area (Å²) in [6, 6.07) is 0.508. The van der Waals surface area contributed by atoms with Crippen molar-refractivity contribution in [3.8, 4) is 0 Å². The summed E-state index contributed by atoms with van der Waals surface area (Å²) in [5.41, 5.74) is -0.00233. The highest BCUT2D eigenvalue weighted by atomic mass is 16.2. The lowest BCUT2D eigenvalue weighted by Gasteiger charge is -2.32. The Morgan fingerprint density at radius 1 is 1.23 bits per heavy atom. The van der Waals surface area contributed by atoms with Crippen LogP contribution in [-0.2, 0) is 7.05 Å². The van der Waals surface area contributed by atoms with E-state index in [9.17, 15) is 9.59 Å². The van der Waals surface area contributed by atoms with E-state index in [1.54, 1.807) is 7.05 Å². The number of nitrogens with one attached hydrogen (secondary N) is 1. The number of aromatic nitrogens is 3. The fourth-order valence-corrected chi connectivity index (χ4v) is 3.13. The molecule has 2 heterocycles. The highest BCUT2D eigenvalue weighted by Gasteiger charge is 2.34. The zero-order chi connectivity index (χ0) is 15.9. The molecule has 1 aromatic rings. The number of hydrogen-bond donors (Lipinski definition) is 1. The third-order valence-corrected chi connectivity index (χ3v) is 4.45. The summed E-state index contributed by atoms with van der Waals surface area (Å²) < 4.78 is 3.33. The smallest absolute Gasteiger partial charge is 0.336 e. The van der Waals surface area contributed by atoms with Gasteiger partial charge in [0, 0.05) is 38.1 Å². The topological polar surface area (TPSA) is 72.2 Å². The zero-order valence-electron chi connectivity index (χ0n) is 13.6. The molecule has 7 nitrogen and oxygen atoms in total. The fourth-order valence-electron chi connectivity index (χ4n) is 3.13. The molecule has 7 heteroatoms. The Morgan fingerprint density at radius 2 is 1.86 bits per heavy atom. The maximum Gasteiger partial charge on any atom is 0.345 e. The first kappa shape index (κ1) is 15.1. The largest absolute Gasteiger partial charge is 0.345 e. The Balaban J connectivity index is 1.68. The second-order valence-electron chi connectivity index (χ2n) is 6.73. The zero-order valence-corrected chi connectivity index (χ0v) is 13.6. The molecule has 2 amide bonds. The monoisotopic (exact) mass is 307 g/mol. The van der Waals surface area contributed by atoms with E-state index in [1.165, 1.54) is 4.68 Å². The van der Waals surface area contributed by atoms with E-state index >= 15 is 0 Å². The van der Waals surface area contributed by atoms with Crippen molar-refractivity contribution in [3.05, 3.63) is 16.3 Å². The second kappa shape index (κ2) is 5.78. The first-order chi connectivity index (χ1) is 10.5. The lowest BCUT2D eigenvalue weighted by molar-refractivity contribution is 0.177. The van der Waals surface area contributed by atoms with Gasteiger partial charge in [-0.15, -0.1) is 0 Å². The van der Waals surface area contributed by atoms with E-state index in [2.05, 4.69) is 10.4 Å². The molecular formula is C15H25N5O2. The van der Waals surface area contributed by atoms with Gasteiger partial charge in [0.05, 0.1) is 0 Å². The summed E-state index contributed by atoms with van der Waals surface area (Å²) in [6.07, 6.45) is 3.89. The number of carbonyl (C=O) groups excluding carboxylic acids is 1. The number of urea groups is 1. The average Bonchev–Trinajstić information content (AvgIpc) is 3.26. The molecule has 1 N–H and O–H groups in total. The molecule has 22 heavy (non-hydrogen) atoms. The van der Waals surface area contributed by atoms with Gasteiger partial charge in [-0.1, -0.05) is 0 Å². The van der Waals surface area contributed by atoms with Crippen LogP contribution in [-0.4, -0.2) is 44.4 Å². The van der Waals surface area contributed by atoms with Crippen molar-refractivity contribution < 1.29 is 4.79 Å². The number of piperidine rings is 1. The van der Waals surface area contributed by atoms with Crippen LogP contribution in [0.25, 0.3) is 0 Å². The maximum atomic E-state index is 12.2. The van der Waals surface area contributed by atoms with E-state index in [-0.39, 0.29) is 23.7 Å². The molecule has 2 aliphatic rings. The van der Waals surface area contributed by atoms with Gasteiger partial charge in [0.15, 0.2) is 0 Å². The van der Waals surface area contributed by atoms with Gasteiger partial charge in [-0.25, -0.2) is 14.3 Å². The molecule has 0 unspecified atom stereocenters. The summed E-state index contributed by atoms with van der Waals surface area (Å²) in [5.74, 6) is 1.19. The number of aryl methyl sites for hydroxylation is 1. The van der Waals surface area contributed by atoms with E-state index in [1.807, 2.05) is 23.3 Å². The van der Waals surface area contributed by atoms with E-state index in [0.717, 1.165) is 44.6 Å². The van der Waals surface area contributed by atoms with Gasteiger partial charge in [0.1, 0.15) is 5.82 Å².